The van der Waals surface area contributed by atoms with Gasteiger partial charge >= 0.3 is 0 Å². The molecule has 4 aliphatic heterocycles. The fraction of sp³-hybridized carbons (Fsp3) is 0.273. The van der Waals surface area contributed by atoms with Crippen LogP contribution in [0.5, 0.6) is 23.1 Å². The molecule has 0 bridgehead atoms. The van der Waals surface area contributed by atoms with Gasteiger partial charge in [-0.2, -0.15) is 0 Å². The van der Waals surface area contributed by atoms with Crippen LogP contribution in [0.4, 0.5) is 11.4 Å². The number of carbonyl (C=O) groups is 2. The van der Waals surface area contributed by atoms with Crippen LogP contribution < -0.4 is 24.5 Å². The van der Waals surface area contributed by atoms with Crippen LogP contribution in [0.3, 0.4) is 0 Å². The molecule has 58 heavy (non-hydrogen) atoms. The van der Waals surface area contributed by atoms with Crippen LogP contribution in [0.25, 0.3) is 22.2 Å². The third kappa shape index (κ3) is 6.35. The summed E-state index contributed by atoms with van der Waals surface area (Å²) >= 11 is 6.76. The van der Waals surface area contributed by atoms with Crippen molar-refractivity contribution in [3.63, 3.8) is 0 Å². The van der Waals surface area contributed by atoms with Crippen molar-refractivity contribution in [3.05, 3.63) is 118 Å². The molecule has 1 atom stereocenters. The number of aromatic nitrogens is 2. The van der Waals surface area contributed by atoms with Crippen LogP contribution in [-0.4, -0.2) is 94.8 Å². The molecule has 296 valence electrons. The lowest BCUT2D eigenvalue weighted by Gasteiger charge is -2.41. The number of nitrogens with one attached hydrogen (secondary N) is 1. The van der Waals surface area contributed by atoms with Gasteiger partial charge in [0.1, 0.15) is 17.9 Å². The highest BCUT2D eigenvalue weighted by Crippen LogP contribution is 2.44. The number of phenols is 1. The molecule has 0 aliphatic carbocycles. The topological polar surface area (TPSA) is 123 Å². The Morgan fingerprint density at radius 2 is 1.69 bits per heavy atom. The highest BCUT2D eigenvalue weighted by molar-refractivity contribution is 6.31. The largest absolute Gasteiger partial charge is 0.508 e. The molecule has 1 fully saturated rings. The Labute approximate surface area is 339 Å². The van der Waals surface area contributed by atoms with Crippen LogP contribution in [0.1, 0.15) is 31.8 Å². The van der Waals surface area contributed by atoms with E-state index in [1.807, 2.05) is 71.2 Å². The van der Waals surface area contributed by atoms with E-state index >= 15 is 9.59 Å². The summed E-state index contributed by atoms with van der Waals surface area (Å²) in [7, 11) is 1.96. The number of aryl methyl sites for hydroxylation is 1. The summed E-state index contributed by atoms with van der Waals surface area (Å²) in [4.78, 5) is 36.3. The summed E-state index contributed by atoms with van der Waals surface area (Å²) in [6.45, 7) is 4.70. The van der Waals surface area contributed by atoms with Crippen molar-refractivity contribution in [2.24, 2.45) is 7.05 Å². The van der Waals surface area contributed by atoms with Crippen LogP contribution in [0.15, 0.2) is 91.1 Å². The van der Waals surface area contributed by atoms with E-state index in [0.717, 1.165) is 35.1 Å². The number of halogens is 1. The highest BCUT2D eigenvalue weighted by atomic mass is 35.5. The zero-order chi connectivity index (χ0) is 39.5. The van der Waals surface area contributed by atoms with Gasteiger partial charge in [-0.25, -0.2) is 4.68 Å². The van der Waals surface area contributed by atoms with E-state index in [1.54, 1.807) is 46.0 Å². The molecule has 2 amide bonds. The smallest absolute Gasteiger partial charge is 0.268 e. The van der Waals surface area contributed by atoms with Crippen LogP contribution in [0.2, 0.25) is 5.02 Å². The SMILES string of the molecule is Cn1ccc2ccc(N(C(=O)c3cc(-c4cc5c(cc4C(=O)N4Cc6cccc(Cl)c6C[C@H]4CN4CCOCC4)OCO5)n4c3OCCN4)c3ccc(O)cc3)cc21. The van der Waals surface area contributed by atoms with Gasteiger partial charge in [-0.1, -0.05) is 29.8 Å². The molecule has 10 rings (SSSR count). The summed E-state index contributed by atoms with van der Waals surface area (Å²) in [5.41, 5.74) is 9.39. The first-order valence-electron chi connectivity index (χ1n) is 19.4. The normalized spacial score (nSPS) is 17.3. The van der Waals surface area contributed by atoms with Gasteiger partial charge in [-0.15, -0.1) is 0 Å². The number of ether oxygens (including phenoxy) is 4. The molecule has 0 saturated carbocycles. The minimum Gasteiger partial charge on any atom is -0.508 e. The Hall–Kier alpha value is -6.15. The van der Waals surface area contributed by atoms with E-state index < -0.39 is 0 Å². The fourth-order valence-corrected chi connectivity index (χ4v) is 8.82. The zero-order valence-corrected chi connectivity index (χ0v) is 32.6. The Morgan fingerprint density at radius 1 is 0.897 bits per heavy atom. The van der Waals surface area contributed by atoms with E-state index in [0.29, 0.717) is 96.5 Å². The summed E-state index contributed by atoms with van der Waals surface area (Å²) in [6.07, 6.45) is 2.58. The van der Waals surface area contributed by atoms with Gasteiger partial charge in [0.15, 0.2) is 11.5 Å². The molecule has 13 nitrogen and oxygen atoms in total. The number of carbonyl (C=O) groups excluding carboxylic acids is 2. The molecule has 1 saturated heterocycles. The zero-order valence-electron chi connectivity index (χ0n) is 31.8. The lowest BCUT2D eigenvalue weighted by atomic mass is 9.91. The number of anilines is 2. The molecule has 0 unspecified atom stereocenters. The number of nitrogens with zero attached hydrogens (tertiary/aromatic N) is 5. The Bertz CT molecular complexity index is 2580. The molecule has 6 aromatic rings. The Balaban J connectivity index is 1.09. The number of aromatic hydroxyl groups is 1. The quantitative estimate of drug-likeness (QED) is 0.185. The monoisotopic (exact) mass is 800 g/mol. The standard InChI is InChI=1S/C44H41ClN6O7/c1-47-13-11-27-5-6-30(20-38(27)47)50(29-7-9-32(52)10-8-29)43(54)36-21-39(51-44(36)56-16-12-46-51)34-22-40-41(58-26-57-40)23-35(34)42(53)49-24-28-3-2-4-37(45)33(28)19-31(49)25-48-14-17-55-18-15-48/h2-11,13,20-23,31,46,52H,12,14-19,24-26H2,1H3/t31-/m0/s1. The first-order valence-corrected chi connectivity index (χ1v) is 19.8. The summed E-state index contributed by atoms with van der Waals surface area (Å²) < 4.78 is 27.4. The number of hydrogen-bond acceptors (Lipinski definition) is 9. The fourth-order valence-electron chi connectivity index (χ4n) is 8.55. The van der Waals surface area contributed by atoms with Crippen molar-refractivity contribution >= 4 is 45.7 Å². The van der Waals surface area contributed by atoms with E-state index in [1.165, 1.54) is 0 Å². The van der Waals surface area contributed by atoms with Gasteiger partial charge < -0.3 is 38.9 Å². The molecule has 2 N–H and O–H groups in total. The maximum absolute atomic E-state index is 15.3. The van der Waals surface area contributed by atoms with Gasteiger partial charge in [-0.3, -0.25) is 19.4 Å². The van der Waals surface area contributed by atoms with E-state index in [9.17, 15) is 5.11 Å². The summed E-state index contributed by atoms with van der Waals surface area (Å²) in [6, 6.07) is 25.4. The predicted molar refractivity (Wildman–Crippen MR) is 219 cm³/mol. The van der Waals surface area contributed by atoms with Crippen LogP contribution >= 0.6 is 11.6 Å². The van der Waals surface area contributed by atoms with Gasteiger partial charge in [0.05, 0.1) is 36.7 Å². The molecule has 0 radical (unpaired) electrons. The summed E-state index contributed by atoms with van der Waals surface area (Å²) in [5.74, 6) is 0.822. The number of phenolic OH excluding ortho intramolecular Hbond substituents is 1. The second kappa shape index (κ2) is 14.7. The summed E-state index contributed by atoms with van der Waals surface area (Å²) in [5, 5.41) is 11.9. The van der Waals surface area contributed by atoms with Gasteiger partial charge in [0, 0.05) is 67.3 Å². The molecular weight excluding hydrogens is 760 g/mol. The maximum Gasteiger partial charge on any atom is 0.268 e. The minimum atomic E-state index is -0.360. The molecule has 14 heteroatoms. The molecular formula is C44H41ClN6O7. The Morgan fingerprint density at radius 3 is 2.52 bits per heavy atom. The van der Waals surface area contributed by atoms with Crippen molar-refractivity contribution in [2.75, 3.05) is 63.1 Å². The molecule has 4 aromatic carbocycles. The van der Waals surface area contributed by atoms with Crippen LogP contribution in [0, 0.1) is 0 Å². The van der Waals surface area contributed by atoms with Gasteiger partial charge in [-0.05, 0) is 89.7 Å². The van der Waals surface area contributed by atoms with Gasteiger partial charge in [0.2, 0.25) is 12.7 Å². The number of hydrogen-bond donors (Lipinski definition) is 2. The predicted octanol–water partition coefficient (Wildman–Crippen LogP) is 6.55. The van der Waals surface area contributed by atoms with Crippen molar-refractivity contribution in [1.82, 2.24) is 19.0 Å². The molecule has 0 spiro atoms. The Kier molecular flexibility index (Phi) is 9.15. The highest BCUT2D eigenvalue weighted by Gasteiger charge is 2.37. The first kappa shape index (κ1) is 36.2. The van der Waals surface area contributed by atoms with Crippen molar-refractivity contribution in [1.29, 1.82) is 0 Å². The lowest BCUT2D eigenvalue weighted by Crippen LogP contribution is -2.52. The first-order chi connectivity index (χ1) is 28.3. The lowest BCUT2D eigenvalue weighted by molar-refractivity contribution is 0.0193. The van der Waals surface area contributed by atoms with Crippen molar-refractivity contribution in [3.8, 4) is 34.4 Å². The average Bonchev–Trinajstić information content (AvgIpc) is 3.98. The van der Waals surface area contributed by atoms with E-state index in [4.69, 9.17) is 30.5 Å². The average molecular weight is 801 g/mol. The van der Waals surface area contributed by atoms with Crippen LogP contribution in [-0.2, 0) is 24.8 Å². The third-order valence-electron chi connectivity index (χ3n) is 11.5. The third-order valence-corrected chi connectivity index (χ3v) is 11.9. The van der Waals surface area contributed by atoms with E-state index in [2.05, 4.69) is 10.3 Å². The second-order valence-electron chi connectivity index (χ2n) is 15.0. The minimum absolute atomic E-state index is 0.0199. The molecule has 4 aliphatic rings. The number of fused-ring (bicyclic) bond motifs is 4. The second-order valence-corrected chi connectivity index (χ2v) is 15.4. The van der Waals surface area contributed by atoms with Gasteiger partial charge in [0.25, 0.3) is 11.8 Å². The number of amides is 2. The molecule has 6 heterocycles. The van der Waals surface area contributed by atoms with Crippen molar-refractivity contribution in [2.45, 2.75) is 19.0 Å². The number of rotatable bonds is 7. The molecule has 2 aromatic heterocycles. The maximum atomic E-state index is 15.3. The van der Waals surface area contributed by atoms with Crippen molar-refractivity contribution < 1.29 is 33.6 Å². The van der Waals surface area contributed by atoms with E-state index in [-0.39, 0.29) is 36.0 Å². The number of morpholine rings is 1. The number of benzene rings is 4.